The molecule has 1 saturated heterocycles. The van der Waals surface area contributed by atoms with Gasteiger partial charge in [0.2, 0.25) is 5.91 Å². The van der Waals surface area contributed by atoms with Gasteiger partial charge in [0.05, 0.1) is 18.6 Å². The quantitative estimate of drug-likeness (QED) is 0.674. The molecule has 1 aliphatic rings. The van der Waals surface area contributed by atoms with Crippen molar-refractivity contribution in [2.24, 2.45) is 11.8 Å². The van der Waals surface area contributed by atoms with E-state index in [0.29, 0.717) is 13.0 Å². The normalized spacial score (nSPS) is 21.2. The minimum atomic E-state index is -0.207. The lowest BCUT2D eigenvalue weighted by Crippen LogP contribution is -2.51. The van der Waals surface area contributed by atoms with Gasteiger partial charge < -0.3 is 10.1 Å². The fraction of sp³-hybridized carbons (Fsp3) is 0.652. The fourth-order valence-corrected chi connectivity index (χ4v) is 4.39. The zero-order valence-corrected chi connectivity index (χ0v) is 18.1. The second-order valence-corrected chi connectivity index (χ2v) is 7.86. The molecule has 1 heterocycles. The Balaban J connectivity index is 2.19. The van der Waals surface area contributed by atoms with Crippen LogP contribution in [-0.4, -0.2) is 42.5 Å². The Morgan fingerprint density at radius 3 is 2.46 bits per heavy atom. The summed E-state index contributed by atoms with van der Waals surface area (Å²) in [5.74, 6) is -0.0211. The summed E-state index contributed by atoms with van der Waals surface area (Å²) >= 11 is 0. The summed E-state index contributed by atoms with van der Waals surface area (Å²) in [5.41, 5.74) is 3.05. The SMILES string of the molecule is CCCN1CCC(C(CC)C(=O)OCC)C[C@H]1C(=O)Nc1c(C)cccc1C. The molecule has 5 heteroatoms. The van der Waals surface area contributed by atoms with Crippen LogP contribution in [0, 0.1) is 25.7 Å². The second-order valence-electron chi connectivity index (χ2n) is 7.86. The molecule has 3 atom stereocenters. The van der Waals surface area contributed by atoms with Crippen LogP contribution < -0.4 is 5.32 Å². The molecule has 1 amide bonds. The third kappa shape index (κ3) is 5.34. The molecule has 0 bridgehead atoms. The number of hydrogen-bond donors (Lipinski definition) is 1. The number of likely N-dealkylation sites (tertiary alicyclic amines) is 1. The van der Waals surface area contributed by atoms with Crippen molar-refractivity contribution in [2.45, 2.75) is 66.3 Å². The summed E-state index contributed by atoms with van der Waals surface area (Å²) < 4.78 is 5.29. The highest BCUT2D eigenvalue weighted by molar-refractivity contribution is 5.96. The van der Waals surface area contributed by atoms with E-state index in [9.17, 15) is 9.59 Å². The van der Waals surface area contributed by atoms with Gasteiger partial charge >= 0.3 is 5.97 Å². The molecule has 156 valence electrons. The van der Waals surface area contributed by atoms with E-state index in [1.165, 1.54) is 0 Å². The van der Waals surface area contributed by atoms with Gasteiger partial charge in [0.25, 0.3) is 0 Å². The second kappa shape index (κ2) is 10.6. The lowest BCUT2D eigenvalue weighted by atomic mass is 9.79. The van der Waals surface area contributed by atoms with Crippen molar-refractivity contribution in [3.05, 3.63) is 29.3 Å². The first kappa shape index (κ1) is 22.4. The predicted molar refractivity (Wildman–Crippen MR) is 113 cm³/mol. The van der Waals surface area contributed by atoms with Crippen molar-refractivity contribution in [3.8, 4) is 0 Å². The Morgan fingerprint density at radius 1 is 1.21 bits per heavy atom. The van der Waals surface area contributed by atoms with Crippen LogP contribution in [0.4, 0.5) is 5.69 Å². The molecule has 0 radical (unpaired) electrons. The van der Waals surface area contributed by atoms with E-state index in [0.717, 1.165) is 49.2 Å². The third-order valence-electron chi connectivity index (χ3n) is 5.89. The topological polar surface area (TPSA) is 58.6 Å². The van der Waals surface area contributed by atoms with Crippen LogP contribution in [0.3, 0.4) is 0 Å². The van der Waals surface area contributed by atoms with Gasteiger partial charge in [0.1, 0.15) is 0 Å². The molecule has 0 spiro atoms. The Kier molecular flexibility index (Phi) is 8.49. The number of piperidine rings is 1. The van der Waals surface area contributed by atoms with Crippen LogP contribution >= 0.6 is 0 Å². The fourth-order valence-electron chi connectivity index (χ4n) is 4.39. The number of ether oxygens (including phenoxy) is 1. The van der Waals surface area contributed by atoms with Gasteiger partial charge in [-0.2, -0.15) is 0 Å². The van der Waals surface area contributed by atoms with Gasteiger partial charge in [-0.25, -0.2) is 0 Å². The van der Waals surface area contributed by atoms with E-state index < -0.39 is 0 Å². The molecule has 1 N–H and O–H groups in total. The lowest BCUT2D eigenvalue weighted by molar-refractivity contribution is -0.151. The van der Waals surface area contributed by atoms with Gasteiger partial charge in [0.15, 0.2) is 0 Å². The van der Waals surface area contributed by atoms with E-state index in [1.807, 2.05) is 45.9 Å². The number of esters is 1. The van der Waals surface area contributed by atoms with Crippen molar-refractivity contribution in [1.82, 2.24) is 4.90 Å². The molecule has 1 aliphatic heterocycles. The summed E-state index contributed by atoms with van der Waals surface area (Å²) in [6, 6.07) is 5.83. The maximum absolute atomic E-state index is 13.2. The Hall–Kier alpha value is -1.88. The summed E-state index contributed by atoms with van der Waals surface area (Å²) in [6.07, 6.45) is 3.40. The number of para-hydroxylation sites is 1. The summed E-state index contributed by atoms with van der Waals surface area (Å²) in [7, 11) is 0. The Morgan fingerprint density at radius 2 is 1.89 bits per heavy atom. The van der Waals surface area contributed by atoms with Crippen LogP contribution in [0.1, 0.15) is 57.6 Å². The molecule has 1 fully saturated rings. The van der Waals surface area contributed by atoms with Gasteiger partial charge in [-0.3, -0.25) is 14.5 Å². The largest absolute Gasteiger partial charge is 0.466 e. The third-order valence-corrected chi connectivity index (χ3v) is 5.89. The van der Waals surface area contributed by atoms with Gasteiger partial charge in [-0.15, -0.1) is 0 Å². The smallest absolute Gasteiger partial charge is 0.309 e. The first-order valence-electron chi connectivity index (χ1n) is 10.7. The van der Waals surface area contributed by atoms with Crippen molar-refractivity contribution in [1.29, 1.82) is 0 Å². The van der Waals surface area contributed by atoms with Gasteiger partial charge in [-0.1, -0.05) is 32.0 Å². The average Bonchev–Trinajstić information content (AvgIpc) is 2.66. The molecule has 1 aromatic rings. The summed E-state index contributed by atoms with van der Waals surface area (Å²) in [6.45, 7) is 12.2. The van der Waals surface area contributed by atoms with E-state index in [-0.39, 0.29) is 29.8 Å². The van der Waals surface area contributed by atoms with Crippen LogP contribution in [0.15, 0.2) is 18.2 Å². The highest BCUT2D eigenvalue weighted by Crippen LogP contribution is 2.33. The number of amides is 1. The van der Waals surface area contributed by atoms with Gasteiger partial charge in [0, 0.05) is 5.69 Å². The molecular formula is C23H36N2O3. The number of aryl methyl sites for hydroxylation is 2. The number of carbonyl (C=O) groups is 2. The first-order chi connectivity index (χ1) is 13.4. The molecule has 0 saturated carbocycles. The predicted octanol–water partition coefficient (Wildman–Crippen LogP) is 4.32. The number of nitrogens with one attached hydrogen (secondary N) is 1. The first-order valence-corrected chi connectivity index (χ1v) is 10.7. The molecule has 28 heavy (non-hydrogen) atoms. The van der Waals surface area contributed by atoms with Crippen LogP contribution in [0.25, 0.3) is 0 Å². The summed E-state index contributed by atoms with van der Waals surface area (Å²) in [4.78, 5) is 27.9. The van der Waals surface area contributed by atoms with Crippen LogP contribution in [0.2, 0.25) is 0 Å². The van der Waals surface area contributed by atoms with E-state index >= 15 is 0 Å². The number of hydrogen-bond acceptors (Lipinski definition) is 4. The molecule has 1 aromatic carbocycles. The number of anilines is 1. The monoisotopic (exact) mass is 388 g/mol. The number of nitrogens with zero attached hydrogens (tertiary/aromatic N) is 1. The van der Waals surface area contributed by atoms with Gasteiger partial charge in [-0.05, 0) is 76.6 Å². The molecule has 0 aromatic heterocycles. The molecule has 2 unspecified atom stereocenters. The van der Waals surface area contributed by atoms with Crippen molar-refractivity contribution >= 4 is 17.6 Å². The van der Waals surface area contributed by atoms with Crippen LogP contribution in [-0.2, 0) is 14.3 Å². The highest BCUT2D eigenvalue weighted by atomic mass is 16.5. The summed E-state index contributed by atoms with van der Waals surface area (Å²) in [5, 5.41) is 3.17. The minimum absolute atomic E-state index is 0.0364. The van der Waals surface area contributed by atoms with E-state index in [2.05, 4.69) is 17.1 Å². The average molecular weight is 389 g/mol. The Bertz CT molecular complexity index is 654. The highest BCUT2D eigenvalue weighted by Gasteiger charge is 2.38. The maximum Gasteiger partial charge on any atom is 0.309 e. The molecule has 5 nitrogen and oxygen atoms in total. The molecule has 0 aliphatic carbocycles. The number of carbonyl (C=O) groups excluding carboxylic acids is 2. The lowest BCUT2D eigenvalue weighted by Gasteiger charge is -2.40. The number of rotatable bonds is 8. The van der Waals surface area contributed by atoms with Crippen molar-refractivity contribution < 1.29 is 14.3 Å². The van der Waals surface area contributed by atoms with Crippen molar-refractivity contribution in [2.75, 3.05) is 25.0 Å². The minimum Gasteiger partial charge on any atom is -0.466 e. The standard InChI is InChI=1S/C23H36N2O3/c1-6-13-25-14-12-18(19(7-2)23(27)28-8-3)15-20(25)22(26)24-21-16(4)10-9-11-17(21)5/h9-11,18-20H,6-8,12-15H2,1-5H3,(H,24,26)/t18?,19?,20-/m0/s1. The van der Waals surface area contributed by atoms with Crippen molar-refractivity contribution in [3.63, 3.8) is 0 Å². The number of benzene rings is 1. The molecular weight excluding hydrogens is 352 g/mol. The van der Waals surface area contributed by atoms with E-state index in [1.54, 1.807) is 0 Å². The zero-order valence-electron chi connectivity index (χ0n) is 18.1. The van der Waals surface area contributed by atoms with Crippen LogP contribution in [0.5, 0.6) is 0 Å². The molecule has 2 rings (SSSR count). The Labute approximate surface area is 169 Å². The van der Waals surface area contributed by atoms with E-state index in [4.69, 9.17) is 4.74 Å². The maximum atomic E-state index is 13.2. The zero-order chi connectivity index (χ0) is 20.7.